The minimum Gasteiger partial charge on any atom is -0.481 e. The van der Waals surface area contributed by atoms with Gasteiger partial charge in [0.05, 0.1) is 11.8 Å². The number of nitrogens with one attached hydrogen (secondary N) is 1. The van der Waals surface area contributed by atoms with Crippen molar-refractivity contribution < 1.29 is 9.90 Å². The highest BCUT2D eigenvalue weighted by atomic mass is 32.2. The van der Waals surface area contributed by atoms with Crippen LogP contribution >= 0.6 is 23.1 Å². The number of carboxylic acids is 1. The summed E-state index contributed by atoms with van der Waals surface area (Å²) in [7, 11) is 0. The lowest BCUT2D eigenvalue weighted by Gasteiger charge is -2.10. The molecule has 0 aromatic carbocycles. The molecular formula is C10H12N4O3S2. The van der Waals surface area contributed by atoms with E-state index in [4.69, 9.17) is 5.11 Å². The van der Waals surface area contributed by atoms with E-state index in [-0.39, 0.29) is 17.5 Å². The summed E-state index contributed by atoms with van der Waals surface area (Å²) in [6, 6.07) is -0.277. The second-order valence-electron chi connectivity index (χ2n) is 3.87. The normalized spacial score (nSPS) is 12.5. The highest BCUT2D eigenvalue weighted by Crippen LogP contribution is 2.24. The molecule has 1 unspecified atom stereocenters. The lowest BCUT2D eigenvalue weighted by atomic mass is 10.3. The summed E-state index contributed by atoms with van der Waals surface area (Å²) >= 11 is 2.46. The van der Waals surface area contributed by atoms with Crippen LogP contribution in [0.1, 0.15) is 23.7 Å². The predicted molar refractivity (Wildman–Crippen MR) is 71.9 cm³/mol. The Bertz CT molecular complexity index is 645. The third kappa shape index (κ3) is 3.04. The first-order valence-corrected chi connectivity index (χ1v) is 7.29. The molecule has 0 fully saturated rings. The third-order valence-corrected chi connectivity index (χ3v) is 4.45. The number of nitrogens with zero attached hydrogens (tertiary/aromatic N) is 3. The average Bonchev–Trinajstić information content (AvgIpc) is 2.92. The maximum Gasteiger partial charge on any atom is 0.344 e. The number of thioether (sulfide) groups is 1. The number of H-pyrrole nitrogens is 1. The van der Waals surface area contributed by atoms with E-state index in [0.717, 1.165) is 22.5 Å². The van der Waals surface area contributed by atoms with Crippen LogP contribution in [0, 0.1) is 6.92 Å². The van der Waals surface area contributed by atoms with Crippen LogP contribution in [0.25, 0.3) is 0 Å². The molecule has 9 heteroatoms. The molecule has 0 saturated heterocycles. The number of carbonyl (C=O) groups is 1. The first kappa shape index (κ1) is 13.8. The zero-order chi connectivity index (χ0) is 14.0. The van der Waals surface area contributed by atoms with E-state index < -0.39 is 5.97 Å². The number of thiazole rings is 1. The van der Waals surface area contributed by atoms with E-state index >= 15 is 0 Å². The van der Waals surface area contributed by atoms with Crippen molar-refractivity contribution in [2.45, 2.75) is 25.0 Å². The van der Waals surface area contributed by atoms with Gasteiger partial charge >= 0.3 is 11.7 Å². The number of aromatic nitrogens is 4. The summed E-state index contributed by atoms with van der Waals surface area (Å²) in [4.78, 5) is 26.7. The summed E-state index contributed by atoms with van der Waals surface area (Å²) in [6.07, 6.45) is 0. The minimum absolute atomic E-state index is 0.145. The van der Waals surface area contributed by atoms with E-state index in [1.165, 1.54) is 15.9 Å². The number of hydrogen-bond acceptors (Lipinski definition) is 6. The van der Waals surface area contributed by atoms with Gasteiger partial charge in [0.2, 0.25) is 0 Å². The molecule has 2 rings (SSSR count). The second-order valence-corrected chi connectivity index (χ2v) is 5.70. The maximum absolute atomic E-state index is 11.8. The van der Waals surface area contributed by atoms with E-state index in [2.05, 4.69) is 15.2 Å². The zero-order valence-electron chi connectivity index (χ0n) is 10.3. The van der Waals surface area contributed by atoms with Gasteiger partial charge in [0.25, 0.3) is 0 Å². The van der Waals surface area contributed by atoms with Gasteiger partial charge in [-0.15, -0.1) is 16.4 Å². The molecular weight excluding hydrogens is 288 g/mol. The molecule has 0 radical (unpaired) electrons. The van der Waals surface area contributed by atoms with Crippen molar-refractivity contribution in [3.05, 3.63) is 26.6 Å². The van der Waals surface area contributed by atoms with Crippen molar-refractivity contribution in [1.82, 2.24) is 19.7 Å². The lowest BCUT2D eigenvalue weighted by molar-refractivity contribution is -0.133. The highest BCUT2D eigenvalue weighted by molar-refractivity contribution is 7.99. The Morgan fingerprint density at radius 3 is 3.00 bits per heavy atom. The molecule has 0 bridgehead atoms. The first-order valence-electron chi connectivity index (χ1n) is 5.42. The van der Waals surface area contributed by atoms with Crippen LogP contribution in [-0.2, 0) is 4.79 Å². The molecule has 0 aliphatic carbocycles. The molecule has 0 amide bonds. The quantitative estimate of drug-likeness (QED) is 0.803. The molecule has 0 aliphatic heterocycles. The second kappa shape index (κ2) is 5.57. The topological polar surface area (TPSA) is 101 Å². The van der Waals surface area contributed by atoms with Crippen molar-refractivity contribution in [3.8, 4) is 0 Å². The number of carboxylic acid groups (broad SMARTS) is 1. The van der Waals surface area contributed by atoms with Crippen molar-refractivity contribution in [2.24, 2.45) is 0 Å². The molecule has 0 saturated carbocycles. The van der Waals surface area contributed by atoms with Crippen LogP contribution in [0.2, 0.25) is 0 Å². The van der Waals surface area contributed by atoms with Crippen LogP contribution in [-0.4, -0.2) is 36.6 Å². The van der Waals surface area contributed by atoms with Crippen LogP contribution in [0.3, 0.4) is 0 Å². The number of aryl methyl sites for hydroxylation is 1. The van der Waals surface area contributed by atoms with Crippen molar-refractivity contribution in [1.29, 1.82) is 0 Å². The summed E-state index contributed by atoms with van der Waals surface area (Å²) in [5, 5.41) is 17.9. The van der Waals surface area contributed by atoms with Crippen LogP contribution in [0.15, 0.2) is 15.3 Å². The van der Waals surface area contributed by atoms with E-state index in [1.54, 1.807) is 0 Å². The number of rotatable bonds is 5. The van der Waals surface area contributed by atoms with Gasteiger partial charge in [-0.3, -0.25) is 9.36 Å². The lowest BCUT2D eigenvalue weighted by Crippen LogP contribution is -2.22. The number of hydrogen-bond donors (Lipinski definition) is 2. The Kier molecular flexibility index (Phi) is 4.05. The Labute approximate surface area is 116 Å². The Morgan fingerprint density at radius 2 is 2.42 bits per heavy atom. The standard InChI is InChI=1S/C10H12N4O3S2/c1-5-3-18-8(11-5)6(2)14-9(17)12-13-10(14)19-4-7(15)16/h3,6H,4H2,1-2H3,(H,12,17)(H,15,16). The first-order chi connectivity index (χ1) is 8.99. The fraction of sp³-hybridized carbons (Fsp3) is 0.400. The van der Waals surface area contributed by atoms with Gasteiger partial charge in [-0.2, -0.15) is 0 Å². The summed E-state index contributed by atoms with van der Waals surface area (Å²) in [6.45, 7) is 3.71. The molecule has 7 nitrogen and oxygen atoms in total. The van der Waals surface area contributed by atoms with Gasteiger partial charge in [0.1, 0.15) is 5.01 Å². The SMILES string of the molecule is Cc1csc(C(C)n2c(SCC(=O)O)n[nH]c2=O)n1. The van der Waals surface area contributed by atoms with Gasteiger partial charge in [0.15, 0.2) is 5.16 Å². The Balaban J connectivity index is 2.30. The van der Waals surface area contributed by atoms with Gasteiger partial charge in [0, 0.05) is 11.1 Å². The van der Waals surface area contributed by atoms with Crippen LogP contribution < -0.4 is 5.69 Å². The smallest absolute Gasteiger partial charge is 0.344 e. The third-order valence-electron chi connectivity index (χ3n) is 2.38. The molecule has 102 valence electrons. The van der Waals surface area contributed by atoms with Crippen LogP contribution in [0.5, 0.6) is 0 Å². The van der Waals surface area contributed by atoms with E-state index in [9.17, 15) is 9.59 Å². The number of aliphatic carboxylic acids is 1. The zero-order valence-corrected chi connectivity index (χ0v) is 11.9. The van der Waals surface area contributed by atoms with Gasteiger partial charge in [-0.05, 0) is 13.8 Å². The summed E-state index contributed by atoms with van der Waals surface area (Å²) in [5.41, 5.74) is 0.524. The molecule has 1 atom stereocenters. The predicted octanol–water partition coefficient (Wildman–Crippen LogP) is 1.12. The molecule has 0 aliphatic rings. The maximum atomic E-state index is 11.8. The molecule has 2 N–H and O–H groups in total. The fourth-order valence-corrected chi connectivity index (χ4v) is 3.12. The van der Waals surface area contributed by atoms with Crippen molar-refractivity contribution in [2.75, 3.05) is 5.75 Å². The van der Waals surface area contributed by atoms with E-state index in [0.29, 0.717) is 5.16 Å². The fourth-order valence-electron chi connectivity index (χ4n) is 1.53. The molecule has 2 aromatic heterocycles. The molecule has 19 heavy (non-hydrogen) atoms. The highest BCUT2D eigenvalue weighted by Gasteiger charge is 2.19. The summed E-state index contributed by atoms with van der Waals surface area (Å²) in [5.74, 6) is -1.10. The van der Waals surface area contributed by atoms with Gasteiger partial charge < -0.3 is 5.11 Å². The average molecular weight is 300 g/mol. The van der Waals surface area contributed by atoms with Gasteiger partial charge in [-0.25, -0.2) is 14.9 Å². The Morgan fingerprint density at radius 1 is 1.68 bits per heavy atom. The van der Waals surface area contributed by atoms with Crippen LogP contribution in [0.4, 0.5) is 0 Å². The largest absolute Gasteiger partial charge is 0.481 e. The van der Waals surface area contributed by atoms with E-state index in [1.807, 2.05) is 19.2 Å². The monoisotopic (exact) mass is 300 g/mol. The molecule has 2 heterocycles. The van der Waals surface area contributed by atoms with Gasteiger partial charge in [-0.1, -0.05) is 11.8 Å². The molecule has 0 spiro atoms. The summed E-state index contributed by atoms with van der Waals surface area (Å²) < 4.78 is 1.42. The van der Waals surface area contributed by atoms with Crippen molar-refractivity contribution >= 4 is 29.1 Å². The minimum atomic E-state index is -0.954. The molecule has 2 aromatic rings. The number of aromatic amines is 1. The Hall–Kier alpha value is -1.61. The van der Waals surface area contributed by atoms with Crippen molar-refractivity contribution in [3.63, 3.8) is 0 Å².